The molecule has 1 atom stereocenters. The van der Waals surface area contributed by atoms with E-state index in [-0.39, 0.29) is 11.3 Å². The Balaban J connectivity index is 3.38. The van der Waals surface area contributed by atoms with E-state index >= 15 is 0 Å². The summed E-state index contributed by atoms with van der Waals surface area (Å²) in [5, 5.41) is 11.2. The number of hydrogen-bond donors (Lipinski definition) is 0. The van der Waals surface area contributed by atoms with Crippen LogP contribution in [0.5, 0.6) is 0 Å². The van der Waals surface area contributed by atoms with Crippen LogP contribution in [0.2, 0.25) is 0 Å². The van der Waals surface area contributed by atoms with Crippen molar-refractivity contribution in [1.29, 1.82) is 0 Å². The fraction of sp³-hybridized carbons (Fsp3) is 0.429. The van der Waals surface area contributed by atoms with E-state index in [4.69, 9.17) is 4.74 Å². The highest BCUT2D eigenvalue weighted by Crippen LogP contribution is 2.32. The van der Waals surface area contributed by atoms with Crippen LogP contribution in [0.25, 0.3) is 0 Å². The van der Waals surface area contributed by atoms with E-state index in [1.54, 1.807) is 20.8 Å². The Morgan fingerprint density at radius 2 is 1.86 bits per heavy atom. The molecule has 120 valence electrons. The Labute approximate surface area is 135 Å². The van der Waals surface area contributed by atoms with Gasteiger partial charge in [0, 0.05) is 10.5 Å². The molecule has 0 saturated heterocycles. The maximum absolute atomic E-state index is 12.3. The third-order valence-corrected chi connectivity index (χ3v) is 3.07. The molecule has 1 aromatic rings. The van der Waals surface area contributed by atoms with Crippen molar-refractivity contribution in [3.8, 4) is 0 Å². The van der Waals surface area contributed by atoms with E-state index in [9.17, 15) is 19.7 Å². The summed E-state index contributed by atoms with van der Waals surface area (Å²) < 4.78 is 10.2. The van der Waals surface area contributed by atoms with Crippen molar-refractivity contribution in [2.24, 2.45) is 0 Å². The van der Waals surface area contributed by atoms with Crippen molar-refractivity contribution in [3.63, 3.8) is 0 Å². The summed E-state index contributed by atoms with van der Waals surface area (Å²) in [6.07, 6.45) is 0. The second-order valence-electron chi connectivity index (χ2n) is 5.45. The molecular formula is C14H16BrNO6. The molecule has 0 aromatic heterocycles. The Morgan fingerprint density at radius 3 is 2.32 bits per heavy atom. The summed E-state index contributed by atoms with van der Waals surface area (Å²) in [5.41, 5.74) is -1.28. The van der Waals surface area contributed by atoms with Crippen LogP contribution in [0, 0.1) is 10.1 Å². The number of halogens is 1. The lowest BCUT2D eigenvalue weighted by Gasteiger charge is -2.23. The smallest absolute Gasteiger partial charge is 0.325 e. The first kappa shape index (κ1) is 18.1. The number of nitro benzene ring substituents is 1. The largest absolute Gasteiger partial charge is 0.468 e. The molecule has 1 unspecified atom stereocenters. The van der Waals surface area contributed by atoms with E-state index in [1.807, 2.05) is 0 Å². The number of carbonyl (C=O) groups excluding carboxylic acids is 2. The number of esters is 2. The zero-order valence-corrected chi connectivity index (χ0v) is 14.2. The van der Waals surface area contributed by atoms with Gasteiger partial charge in [-0.1, -0.05) is 15.9 Å². The molecule has 0 saturated carbocycles. The minimum atomic E-state index is -1.52. The number of ether oxygens (including phenoxy) is 2. The van der Waals surface area contributed by atoms with Crippen molar-refractivity contribution >= 4 is 33.6 Å². The van der Waals surface area contributed by atoms with E-state index in [1.165, 1.54) is 18.2 Å². The maximum atomic E-state index is 12.3. The van der Waals surface area contributed by atoms with Gasteiger partial charge in [0.25, 0.3) is 5.69 Å². The van der Waals surface area contributed by atoms with E-state index in [0.29, 0.717) is 4.47 Å². The number of nitrogens with zero attached hydrogens (tertiary/aromatic N) is 1. The van der Waals surface area contributed by atoms with Crippen molar-refractivity contribution in [3.05, 3.63) is 38.3 Å². The number of methoxy groups -OCH3 is 1. The predicted octanol–water partition coefficient (Wildman–Crippen LogP) is 2.96. The average Bonchev–Trinajstić information content (AvgIpc) is 2.38. The molecule has 8 heteroatoms. The van der Waals surface area contributed by atoms with Crippen LogP contribution in [0.3, 0.4) is 0 Å². The molecule has 7 nitrogen and oxygen atoms in total. The molecule has 1 rings (SSSR count). The Morgan fingerprint density at radius 1 is 1.27 bits per heavy atom. The minimum Gasteiger partial charge on any atom is -0.468 e. The first-order valence-corrected chi connectivity index (χ1v) is 7.10. The molecule has 0 heterocycles. The molecular weight excluding hydrogens is 358 g/mol. The van der Waals surface area contributed by atoms with Crippen LogP contribution >= 0.6 is 15.9 Å². The fourth-order valence-electron chi connectivity index (χ4n) is 1.75. The average molecular weight is 374 g/mol. The van der Waals surface area contributed by atoms with E-state index in [2.05, 4.69) is 20.7 Å². The summed E-state index contributed by atoms with van der Waals surface area (Å²) >= 11 is 3.12. The standard InChI is InChI=1S/C14H16BrNO6/c1-14(2,3)22-13(18)11(12(17)21-4)9-6-5-8(15)7-10(9)16(19)20/h5-7,11H,1-4H3. The highest BCUT2D eigenvalue weighted by molar-refractivity contribution is 9.10. The topological polar surface area (TPSA) is 95.7 Å². The molecule has 22 heavy (non-hydrogen) atoms. The zero-order chi connectivity index (χ0) is 17.1. The minimum absolute atomic E-state index is 0.0747. The van der Waals surface area contributed by atoms with Gasteiger partial charge in [-0.15, -0.1) is 0 Å². The van der Waals surface area contributed by atoms with Gasteiger partial charge >= 0.3 is 11.9 Å². The Hall–Kier alpha value is -1.96. The molecule has 0 amide bonds. The number of benzene rings is 1. The lowest BCUT2D eigenvalue weighted by atomic mass is 9.97. The molecule has 0 bridgehead atoms. The second-order valence-corrected chi connectivity index (χ2v) is 6.37. The summed E-state index contributed by atoms with van der Waals surface area (Å²) in [5.74, 6) is -3.33. The third kappa shape index (κ3) is 4.52. The van der Waals surface area contributed by atoms with Crippen LogP contribution in [0.1, 0.15) is 32.3 Å². The van der Waals surface area contributed by atoms with Gasteiger partial charge in [0.2, 0.25) is 0 Å². The van der Waals surface area contributed by atoms with Gasteiger partial charge in [-0.25, -0.2) is 0 Å². The van der Waals surface area contributed by atoms with E-state index < -0.39 is 28.4 Å². The van der Waals surface area contributed by atoms with Crippen LogP contribution in [0.15, 0.2) is 22.7 Å². The summed E-state index contributed by atoms with van der Waals surface area (Å²) in [6.45, 7) is 4.90. The molecule has 0 N–H and O–H groups in total. The number of carbonyl (C=O) groups is 2. The number of nitro groups is 1. The SMILES string of the molecule is COC(=O)C(C(=O)OC(C)(C)C)c1ccc(Br)cc1[N+](=O)[O-]. The zero-order valence-electron chi connectivity index (χ0n) is 12.6. The lowest BCUT2D eigenvalue weighted by Crippen LogP contribution is -2.32. The van der Waals surface area contributed by atoms with Crippen LogP contribution < -0.4 is 0 Å². The molecule has 0 aliphatic rings. The summed E-state index contributed by atoms with van der Waals surface area (Å²) in [7, 11) is 1.10. The molecule has 0 aliphatic heterocycles. The molecule has 0 fully saturated rings. The van der Waals surface area contributed by atoms with Gasteiger partial charge in [-0.3, -0.25) is 19.7 Å². The first-order chi connectivity index (χ1) is 10.1. The first-order valence-electron chi connectivity index (χ1n) is 6.31. The summed E-state index contributed by atoms with van der Waals surface area (Å²) in [4.78, 5) is 34.7. The highest BCUT2D eigenvalue weighted by atomic mass is 79.9. The van der Waals surface area contributed by atoms with Crippen LogP contribution in [-0.4, -0.2) is 29.6 Å². The van der Waals surface area contributed by atoms with E-state index in [0.717, 1.165) is 7.11 Å². The molecule has 1 aromatic carbocycles. The molecule has 0 radical (unpaired) electrons. The third-order valence-electron chi connectivity index (χ3n) is 2.58. The Kier molecular flexibility index (Phi) is 5.65. The number of hydrogen-bond acceptors (Lipinski definition) is 6. The molecule has 0 spiro atoms. The fourth-order valence-corrected chi connectivity index (χ4v) is 2.10. The van der Waals surface area contributed by atoms with Gasteiger partial charge in [0.1, 0.15) is 5.60 Å². The van der Waals surface area contributed by atoms with Gasteiger partial charge in [-0.2, -0.15) is 0 Å². The van der Waals surface area contributed by atoms with Crippen molar-refractivity contribution < 1.29 is 24.0 Å². The van der Waals surface area contributed by atoms with Gasteiger partial charge in [-0.05, 0) is 32.9 Å². The van der Waals surface area contributed by atoms with Crippen LogP contribution in [-0.2, 0) is 19.1 Å². The quantitative estimate of drug-likeness (QED) is 0.348. The number of rotatable bonds is 4. The van der Waals surface area contributed by atoms with Crippen LogP contribution in [0.4, 0.5) is 5.69 Å². The maximum Gasteiger partial charge on any atom is 0.325 e. The van der Waals surface area contributed by atoms with Gasteiger partial charge < -0.3 is 9.47 Å². The molecule has 0 aliphatic carbocycles. The summed E-state index contributed by atoms with van der Waals surface area (Å²) in [6, 6.07) is 4.05. The van der Waals surface area contributed by atoms with Crippen molar-refractivity contribution in [2.75, 3.05) is 7.11 Å². The van der Waals surface area contributed by atoms with Gasteiger partial charge in [0.05, 0.1) is 17.6 Å². The Bertz CT molecular complexity index is 608. The van der Waals surface area contributed by atoms with Crippen molar-refractivity contribution in [2.45, 2.75) is 32.3 Å². The lowest BCUT2D eigenvalue weighted by molar-refractivity contribution is -0.385. The monoisotopic (exact) mass is 373 g/mol. The van der Waals surface area contributed by atoms with Gasteiger partial charge in [0.15, 0.2) is 5.92 Å². The predicted molar refractivity (Wildman–Crippen MR) is 81.4 cm³/mol. The second kappa shape index (κ2) is 6.87. The van der Waals surface area contributed by atoms with Crippen molar-refractivity contribution in [1.82, 2.24) is 0 Å². The normalized spacial score (nSPS) is 12.4. The highest BCUT2D eigenvalue weighted by Gasteiger charge is 2.38.